The predicted octanol–water partition coefficient (Wildman–Crippen LogP) is 6.84. The number of ether oxygens (including phenoxy) is 1. The average Bonchev–Trinajstić information content (AvgIpc) is 3.63. The number of aliphatic hydroxyl groups excluding tert-OH is 1. The van der Waals surface area contributed by atoms with Crippen molar-refractivity contribution in [2.45, 2.75) is 6.92 Å². The van der Waals surface area contributed by atoms with E-state index in [1.165, 1.54) is 0 Å². The summed E-state index contributed by atoms with van der Waals surface area (Å²) in [6.45, 7) is 2.00. The maximum Gasteiger partial charge on any atom is 0.239 e. The van der Waals surface area contributed by atoms with Crippen molar-refractivity contribution in [3.8, 4) is 17.0 Å². The summed E-state index contributed by atoms with van der Waals surface area (Å²) in [6, 6.07) is 30.6. The summed E-state index contributed by atoms with van der Waals surface area (Å²) in [4.78, 5) is 35.4. The summed E-state index contributed by atoms with van der Waals surface area (Å²) in [5.41, 5.74) is 6.24. The lowest BCUT2D eigenvalue weighted by Crippen LogP contribution is -2.11. The minimum atomic E-state index is -0.783. The topological polar surface area (TPSA) is 91.8 Å². The van der Waals surface area contributed by atoms with Crippen molar-refractivity contribution in [1.29, 1.82) is 0 Å². The van der Waals surface area contributed by atoms with Gasteiger partial charge in [-0.2, -0.15) is 0 Å². The smallest absolute Gasteiger partial charge is 0.239 e. The number of carbonyl (C=O) groups excluding carboxylic acids is 2. The largest absolute Gasteiger partial charge is 0.506 e. The van der Waals surface area contributed by atoms with E-state index in [0.717, 1.165) is 33.3 Å². The number of Topliss-reactive ketones (excluding diaryl/α,β-unsaturated/α-hetero) is 2. The number of hydrogen-bond donors (Lipinski definition) is 2. The van der Waals surface area contributed by atoms with Gasteiger partial charge in [0.05, 0.1) is 41.1 Å². The van der Waals surface area contributed by atoms with Gasteiger partial charge >= 0.3 is 0 Å². The number of aliphatic hydroxyl groups is 1. The Morgan fingerprint density at radius 1 is 0.659 bits per heavy atom. The van der Waals surface area contributed by atoms with Crippen molar-refractivity contribution in [3.63, 3.8) is 0 Å². The maximum atomic E-state index is 13.6. The standard InChI is InChI=1S/C35H24N2O4/c1-19-11-3-4-12-20(19)29-21-13-5-7-15-23(21)31(36-29)27-33(38)28(35(40)34(27)39)32-24-16-8-6-14-22(24)30(37-32)25-17-9-10-18-26(25)41-2/h3-18,37-38H,1-2H3/b31-27+. The van der Waals surface area contributed by atoms with Gasteiger partial charge in [-0.1, -0.05) is 84.9 Å². The fourth-order valence-electron chi connectivity index (χ4n) is 5.82. The first-order chi connectivity index (χ1) is 20.0. The van der Waals surface area contributed by atoms with Crippen LogP contribution in [0.3, 0.4) is 0 Å². The Morgan fingerprint density at radius 3 is 1.93 bits per heavy atom. The monoisotopic (exact) mass is 536 g/mol. The number of fused-ring (bicyclic) bond motifs is 2. The second-order valence-corrected chi connectivity index (χ2v) is 10.0. The van der Waals surface area contributed by atoms with Gasteiger partial charge in [0.25, 0.3) is 0 Å². The number of aromatic nitrogens is 1. The first-order valence-corrected chi connectivity index (χ1v) is 13.3. The number of benzene rings is 4. The summed E-state index contributed by atoms with van der Waals surface area (Å²) in [7, 11) is 1.60. The Labute approximate surface area is 236 Å². The molecular weight excluding hydrogens is 512 g/mol. The number of nitrogens with zero attached hydrogens (tertiary/aromatic N) is 1. The number of para-hydroxylation sites is 1. The average molecular weight is 537 g/mol. The van der Waals surface area contributed by atoms with E-state index < -0.39 is 11.6 Å². The van der Waals surface area contributed by atoms with Crippen LogP contribution in [0.2, 0.25) is 0 Å². The van der Waals surface area contributed by atoms with E-state index >= 15 is 0 Å². The first kappa shape index (κ1) is 24.5. The van der Waals surface area contributed by atoms with E-state index in [9.17, 15) is 14.7 Å². The van der Waals surface area contributed by atoms with E-state index in [2.05, 4.69) is 4.98 Å². The van der Waals surface area contributed by atoms with Crippen LogP contribution in [0, 0.1) is 6.92 Å². The lowest BCUT2D eigenvalue weighted by atomic mass is 9.95. The third-order valence-corrected chi connectivity index (χ3v) is 7.77. The maximum absolute atomic E-state index is 13.6. The van der Waals surface area contributed by atoms with Crippen LogP contribution in [0.4, 0.5) is 0 Å². The summed E-state index contributed by atoms with van der Waals surface area (Å²) in [5.74, 6) is -1.28. The number of H-pyrrole nitrogens is 1. The van der Waals surface area contributed by atoms with Gasteiger partial charge < -0.3 is 14.8 Å². The van der Waals surface area contributed by atoms with Crippen LogP contribution in [0.1, 0.15) is 27.9 Å². The quantitative estimate of drug-likeness (QED) is 0.194. The zero-order valence-electron chi connectivity index (χ0n) is 22.4. The van der Waals surface area contributed by atoms with Gasteiger partial charge in [0.2, 0.25) is 11.6 Å². The van der Waals surface area contributed by atoms with Crippen molar-refractivity contribution in [2.75, 3.05) is 7.11 Å². The van der Waals surface area contributed by atoms with Crippen molar-refractivity contribution < 1.29 is 19.4 Å². The molecule has 2 aliphatic rings. The van der Waals surface area contributed by atoms with Crippen LogP contribution < -0.4 is 4.74 Å². The van der Waals surface area contributed by atoms with Crippen LogP contribution in [0.25, 0.3) is 33.3 Å². The number of aryl methyl sites for hydroxylation is 1. The summed E-state index contributed by atoms with van der Waals surface area (Å²) in [6.07, 6.45) is 0. The fraction of sp³-hybridized carbons (Fsp3) is 0.0571. The van der Waals surface area contributed by atoms with Crippen LogP contribution in [-0.2, 0) is 9.59 Å². The molecule has 2 heterocycles. The Kier molecular flexibility index (Phi) is 5.57. The van der Waals surface area contributed by atoms with Crippen molar-refractivity contribution in [1.82, 2.24) is 4.98 Å². The molecule has 4 aromatic carbocycles. The Balaban J connectivity index is 1.48. The van der Waals surface area contributed by atoms with E-state index in [1.54, 1.807) is 7.11 Å². The lowest BCUT2D eigenvalue weighted by molar-refractivity contribution is -0.130. The second kappa shape index (κ2) is 9.31. The Hall–Kier alpha value is -5.49. The highest BCUT2D eigenvalue weighted by molar-refractivity contribution is 6.64. The molecule has 2 N–H and O–H groups in total. The van der Waals surface area contributed by atoms with Crippen molar-refractivity contribution in [2.24, 2.45) is 4.99 Å². The van der Waals surface area contributed by atoms with E-state index in [-0.39, 0.29) is 16.9 Å². The molecule has 0 fully saturated rings. The van der Waals surface area contributed by atoms with Crippen LogP contribution in [0.15, 0.2) is 113 Å². The van der Waals surface area contributed by atoms with Crippen molar-refractivity contribution >= 4 is 39.3 Å². The number of aromatic amines is 1. The van der Waals surface area contributed by atoms with Gasteiger partial charge in [0.1, 0.15) is 11.5 Å². The minimum absolute atomic E-state index is 0.0631. The van der Waals surface area contributed by atoms with E-state index in [4.69, 9.17) is 9.73 Å². The van der Waals surface area contributed by atoms with Gasteiger partial charge in [0, 0.05) is 33.0 Å². The fourth-order valence-corrected chi connectivity index (χ4v) is 5.82. The Morgan fingerprint density at radius 2 is 1.22 bits per heavy atom. The molecule has 0 atom stereocenters. The third-order valence-electron chi connectivity index (χ3n) is 7.77. The summed E-state index contributed by atoms with van der Waals surface area (Å²) >= 11 is 0. The molecule has 0 amide bonds. The molecule has 1 aromatic heterocycles. The molecule has 1 aliphatic heterocycles. The predicted molar refractivity (Wildman–Crippen MR) is 160 cm³/mol. The molecular formula is C35H24N2O4. The number of allylic oxidation sites excluding steroid dienone is 2. The normalized spacial score (nSPS) is 16.5. The van der Waals surface area contributed by atoms with E-state index in [1.807, 2.05) is 104 Å². The van der Waals surface area contributed by atoms with Gasteiger partial charge in [-0.05, 0) is 24.6 Å². The SMILES string of the molecule is COc1ccccc1-c1[nH]c(C2=C(O)/C(=C3\N=C(c4ccccc4C)c4ccccc43)C(=O)C2=O)c2ccccc12. The lowest BCUT2D eigenvalue weighted by Gasteiger charge is -2.07. The van der Waals surface area contributed by atoms with E-state index in [0.29, 0.717) is 33.8 Å². The molecule has 5 aromatic rings. The number of nitrogens with one attached hydrogen (secondary N) is 1. The zero-order chi connectivity index (χ0) is 28.2. The number of carbonyl (C=O) groups is 2. The molecule has 6 heteroatoms. The molecule has 41 heavy (non-hydrogen) atoms. The highest BCUT2D eigenvalue weighted by Gasteiger charge is 2.42. The van der Waals surface area contributed by atoms with Gasteiger partial charge in [-0.3, -0.25) is 9.59 Å². The molecule has 6 nitrogen and oxygen atoms in total. The Bertz CT molecular complexity index is 2040. The zero-order valence-corrected chi connectivity index (χ0v) is 22.4. The molecule has 0 spiro atoms. The van der Waals surface area contributed by atoms with Crippen LogP contribution in [0.5, 0.6) is 5.75 Å². The molecule has 7 rings (SSSR count). The van der Waals surface area contributed by atoms with Crippen LogP contribution in [-0.4, -0.2) is 34.5 Å². The number of hydrogen-bond acceptors (Lipinski definition) is 5. The highest BCUT2D eigenvalue weighted by atomic mass is 16.5. The number of rotatable bonds is 4. The number of methoxy groups -OCH3 is 1. The highest BCUT2D eigenvalue weighted by Crippen LogP contribution is 2.44. The van der Waals surface area contributed by atoms with Gasteiger partial charge in [-0.25, -0.2) is 4.99 Å². The first-order valence-electron chi connectivity index (χ1n) is 13.3. The van der Waals surface area contributed by atoms with Crippen LogP contribution >= 0.6 is 0 Å². The number of aliphatic imine (C=N–C) groups is 1. The third kappa shape index (κ3) is 3.61. The van der Waals surface area contributed by atoms with Gasteiger partial charge in [-0.15, -0.1) is 0 Å². The van der Waals surface area contributed by atoms with Gasteiger partial charge in [0.15, 0.2) is 0 Å². The molecule has 1 aliphatic carbocycles. The molecule has 0 saturated carbocycles. The molecule has 198 valence electrons. The number of ketones is 2. The second-order valence-electron chi connectivity index (χ2n) is 10.0. The summed E-state index contributed by atoms with van der Waals surface area (Å²) < 4.78 is 5.59. The molecule has 0 saturated heterocycles. The molecule has 0 unspecified atom stereocenters. The minimum Gasteiger partial charge on any atom is -0.506 e. The summed E-state index contributed by atoms with van der Waals surface area (Å²) in [5, 5.41) is 13.2. The van der Waals surface area contributed by atoms with Crippen molar-refractivity contribution in [3.05, 3.63) is 136 Å². The molecule has 0 radical (unpaired) electrons. The molecule has 0 bridgehead atoms.